The number of hydrogen-bond donors (Lipinski definition) is 0. The molecular formula is C19H19FN6O2. The van der Waals surface area contributed by atoms with Gasteiger partial charge >= 0.3 is 0 Å². The minimum atomic E-state index is -0.345. The van der Waals surface area contributed by atoms with Gasteiger partial charge in [-0.05, 0) is 49.9 Å². The second kappa shape index (κ2) is 6.81. The van der Waals surface area contributed by atoms with Crippen LogP contribution < -0.4 is 0 Å². The van der Waals surface area contributed by atoms with Crippen molar-refractivity contribution in [3.05, 3.63) is 47.7 Å². The van der Waals surface area contributed by atoms with E-state index in [4.69, 9.17) is 4.52 Å². The number of hydrogen-bond acceptors (Lipinski definition) is 6. The molecule has 0 radical (unpaired) electrons. The molecule has 3 aromatic rings. The zero-order chi connectivity index (χ0) is 19.1. The van der Waals surface area contributed by atoms with Gasteiger partial charge in [-0.1, -0.05) is 10.4 Å². The molecule has 1 aromatic carbocycles. The third-order valence-electron chi connectivity index (χ3n) is 5.33. The van der Waals surface area contributed by atoms with Crippen LogP contribution in [-0.2, 0) is 0 Å². The van der Waals surface area contributed by atoms with Crippen molar-refractivity contribution in [3.8, 4) is 11.6 Å². The summed E-state index contributed by atoms with van der Waals surface area (Å²) in [6.07, 6.45) is 5.59. The quantitative estimate of drug-likeness (QED) is 0.689. The highest BCUT2D eigenvalue weighted by Gasteiger charge is 2.30. The molecule has 2 aliphatic rings. The first-order valence-electron chi connectivity index (χ1n) is 9.48. The standard InChI is InChI=1S/C19H19FN6O2/c20-14-5-3-13(4-6-14)19(27)25-9-7-15(8-10-25)26-11-16(22-24-26)18-21-17(23-28-18)12-1-2-12/h3-6,11-12,15H,1-2,7-10H2. The molecule has 8 nitrogen and oxygen atoms in total. The van der Waals surface area contributed by atoms with Gasteiger partial charge in [-0.15, -0.1) is 5.10 Å². The average molecular weight is 382 g/mol. The number of piperidine rings is 1. The fourth-order valence-corrected chi connectivity index (χ4v) is 3.51. The number of aromatic nitrogens is 5. The fraction of sp³-hybridized carbons (Fsp3) is 0.421. The molecule has 9 heteroatoms. The van der Waals surface area contributed by atoms with Gasteiger partial charge in [-0.25, -0.2) is 9.07 Å². The Morgan fingerprint density at radius 3 is 2.57 bits per heavy atom. The molecule has 1 saturated carbocycles. The number of amides is 1. The highest BCUT2D eigenvalue weighted by Crippen LogP contribution is 2.38. The van der Waals surface area contributed by atoms with Crippen LogP contribution >= 0.6 is 0 Å². The largest absolute Gasteiger partial charge is 0.338 e. The third kappa shape index (κ3) is 3.28. The number of carbonyl (C=O) groups is 1. The number of halogens is 1. The van der Waals surface area contributed by atoms with Gasteiger partial charge in [0.15, 0.2) is 11.5 Å². The van der Waals surface area contributed by atoms with E-state index < -0.39 is 0 Å². The smallest absolute Gasteiger partial charge is 0.280 e. The Labute approximate surface area is 160 Å². The number of likely N-dealkylation sites (tertiary alicyclic amines) is 1. The summed E-state index contributed by atoms with van der Waals surface area (Å²) < 4.78 is 20.2. The van der Waals surface area contributed by atoms with Gasteiger partial charge in [0.05, 0.1) is 12.2 Å². The molecule has 5 rings (SSSR count). The van der Waals surface area contributed by atoms with Gasteiger partial charge in [0.1, 0.15) is 5.82 Å². The van der Waals surface area contributed by atoms with Gasteiger partial charge in [0.2, 0.25) is 0 Å². The minimum Gasteiger partial charge on any atom is -0.338 e. The summed E-state index contributed by atoms with van der Waals surface area (Å²) in [6.45, 7) is 1.23. The zero-order valence-electron chi connectivity index (χ0n) is 15.2. The average Bonchev–Trinajstić information content (AvgIpc) is 3.26. The molecule has 1 aliphatic carbocycles. The van der Waals surface area contributed by atoms with Crippen LogP contribution in [0.4, 0.5) is 4.39 Å². The van der Waals surface area contributed by atoms with Crippen molar-refractivity contribution in [1.82, 2.24) is 30.0 Å². The van der Waals surface area contributed by atoms with Crippen LogP contribution in [-0.4, -0.2) is 49.0 Å². The molecule has 28 heavy (non-hydrogen) atoms. The van der Waals surface area contributed by atoms with Gasteiger partial charge in [0.25, 0.3) is 11.8 Å². The molecule has 144 valence electrons. The van der Waals surface area contributed by atoms with Crippen LogP contribution in [0.5, 0.6) is 0 Å². The van der Waals surface area contributed by atoms with E-state index in [1.165, 1.54) is 24.3 Å². The molecule has 2 aromatic heterocycles. The van der Waals surface area contributed by atoms with E-state index >= 15 is 0 Å². The van der Waals surface area contributed by atoms with Crippen LogP contribution in [0.15, 0.2) is 35.0 Å². The number of rotatable bonds is 4. The summed E-state index contributed by atoms with van der Waals surface area (Å²) in [5.41, 5.74) is 1.08. The van der Waals surface area contributed by atoms with Gasteiger partial charge in [0, 0.05) is 24.6 Å². The highest BCUT2D eigenvalue weighted by atomic mass is 19.1. The molecule has 1 saturated heterocycles. The summed E-state index contributed by atoms with van der Waals surface area (Å²) >= 11 is 0. The van der Waals surface area contributed by atoms with Crippen LogP contribution in [0.2, 0.25) is 0 Å². The molecule has 2 fully saturated rings. The second-order valence-corrected chi connectivity index (χ2v) is 7.35. The van der Waals surface area contributed by atoms with Crippen molar-refractivity contribution in [2.45, 2.75) is 37.6 Å². The normalized spacial score (nSPS) is 17.8. The lowest BCUT2D eigenvalue weighted by Gasteiger charge is -2.31. The zero-order valence-corrected chi connectivity index (χ0v) is 15.2. The Balaban J connectivity index is 1.22. The molecule has 0 unspecified atom stereocenters. The van der Waals surface area contributed by atoms with E-state index in [-0.39, 0.29) is 17.8 Å². The maximum absolute atomic E-state index is 13.0. The van der Waals surface area contributed by atoms with Crippen molar-refractivity contribution in [3.63, 3.8) is 0 Å². The van der Waals surface area contributed by atoms with E-state index in [2.05, 4.69) is 20.5 Å². The maximum Gasteiger partial charge on any atom is 0.280 e. The summed E-state index contributed by atoms with van der Waals surface area (Å²) in [6, 6.07) is 5.82. The minimum absolute atomic E-state index is 0.0730. The number of carbonyl (C=O) groups excluding carboxylic acids is 1. The Hall–Kier alpha value is -3.10. The number of benzene rings is 1. The monoisotopic (exact) mass is 382 g/mol. The lowest BCUT2D eigenvalue weighted by Crippen LogP contribution is -2.39. The molecule has 0 N–H and O–H groups in total. The van der Waals surface area contributed by atoms with Crippen molar-refractivity contribution >= 4 is 5.91 Å². The molecule has 1 amide bonds. The summed E-state index contributed by atoms with van der Waals surface area (Å²) in [7, 11) is 0. The predicted molar refractivity (Wildman–Crippen MR) is 95.9 cm³/mol. The first-order valence-corrected chi connectivity index (χ1v) is 9.48. The molecule has 3 heterocycles. The highest BCUT2D eigenvalue weighted by molar-refractivity contribution is 5.94. The Kier molecular flexibility index (Phi) is 4.14. The van der Waals surface area contributed by atoms with E-state index in [0.717, 1.165) is 31.5 Å². The van der Waals surface area contributed by atoms with Gasteiger partial charge in [-0.3, -0.25) is 4.79 Å². The summed E-state index contributed by atoms with van der Waals surface area (Å²) in [5.74, 6) is 1.16. The van der Waals surface area contributed by atoms with Crippen LogP contribution in [0, 0.1) is 5.82 Å². The predicted octanol–water partition coefficient (Wildman–Crippen LogP) is 2.82. The topological polar surface area (TPSA) is 89.9 Å². The van der Waals surface area contributed by atoms with E-state index in [0.29, 0.717) is 36.2 Å². The van der Waals surface area contributed by atoms with E-state index in [1.807, 2.05) is 10.9 Å². The molecular weight excluding hydrogens is 363 g/mol. The molecule has 0 spiro atoms. The van der Waals surface area contributed by atoms with Crippen LogP contribution in [0.1, 0.15) is 53.8 Å². The lowest BCUT2D eigenvalue weighted by molar-refractivity contribution is 0.0689. The van der Waals surface area contributed by atoms with Gasteiger partial charge < -0.3 is 9.42 Å². The Morgan fingerprint density at radius 1 is 1.11 bits per heavy atom. The van der Waals surface area contributed by atoms with Crippen molar-refractivity contribution in [1.29, 1.82) is 0 Å². The SMILES string of the molecule is O=C(c1ccc(F)cc1)N1CCC(n2cc(-c3nc(C4CC4)no3)nn2)CC1. The maximum atomic E-state index is 13.0. The molecule has 0 bridgehead atoms. The summed E-state index contributed by atoms with van der Waals surface area (Å²) in [5, 5.41) is 12.4. The fourth-order valence-electron chi connectivity index (χ4n) is 3.51. The lowest BCUT2D eigenvalue weighted by atomic mass is 10.0. The second-order valence-electron chi connectivity index (χ2n) is 7.35. The first kappa shape index (κ1) is 17.0. The van der Waals surface area contributed by atoms with Gasteiger partial charge in [-0.2, -0.15) is 4.98 Å². The van der Waals surface area contributed by atoms with E-state index in [9.17, 15) is 9.18 Å². The first-order chi connectivity index (χ1) is 13.7. The third-order valence-corrected chi connectivity index (χ3v) is 5.33. The molecule has 0 atom stereocenters. The molecule has 1 aliphatic heterocycles. The van der Waals surface area contributed by atoms with Crippen molar-refractivity contribution in [2.24, 2.45) is 0 Å². The number of nitrogens with zero attached hydrogens (tertiary/aromatic N) is 6. The Bertz CT molecular complexity index is 986. The van der Waals surface area contributed by atoms with Crippen LogP contribution in [0.3, 0.4) is 0 Å². The van der Waals surface area contributed by atoms with Crippen molar-refractivity contribution in [2.75, 3.05) is 13.1 Å². The van der Waals surface area contributed by atoms with E-state index in [1.54, 1.807) is 4.90 Å². The summed E-state index contributed by atoms with van der Waals surface area (Å²) in [4.78, 5) is 18.7. The Morgan fingerprint density at radius 2 is 1.86 bits per heavy atom. The van der Waals surface area contributed by atoms with Crippen molar-refractivity contribution < 1.29 is 13.7 Å². The van der Waals surface area contributed by atoms with Crippen LogP contribution in [0.25, 0.3) is 11.6 Å².